The first-order valence-electron chi connectivity index (χ1n) is 6.94. The van der Waals surface area contributed by atoms with Gasteiger partial charge in [0.2, 0.25) is 0 Å². The number of aryl methyl sites for hydroxylation is 1. The second kappa shape index (κ2) is 4.54. The molecule has 98 valence electrons. The maximum Gasteiger partial charge on any atom is 0.122 e. The molecule has 2 aliphatic carbocycles. The van der Waals surface area contributed by atoms with Crippen LogP contribution in [0, 0.1) is 18.3 Å². The quantitative estimate of drug-likeness (QED) is 0.838. The van der Waals surface area contributed by atoms with Crippen LogP contribution in [-0.4, -0.2) is 18.6 Å². The van der Waals surface area contributed by atoms with Crippen LogP contribution in [0.3, 0.4) is 0 Å². The summed E-state index contributed by atoms with van der Waals surface area (Å²) >= 11 is 0. The van der Waals surface area contributed by atoms with Crippen molar-refractivity contribution in [2.75, 3.05) is 13.7 Å². The lowest BCUT2D eigenvalue weighted by atomic mass is 10.0. The SMILES string of the molecule is COc1cc(C)nc(CNCC2(C3CC3)CC2)c1. The van der Waals surface area contributed by atoms with E-state index < -0.39 is 0 Å². The Kier molecular flexibility index (Phi) is 3.02. The largest absolute Gasteiger partial charge is 0.497 e. The minimum Gasteiger partial charge on any atom is -0.497 e. The molecular weight excluding hydrogens is 224 g/mol. The van der Waals surface area contributed by atoms with Crippen molar-refractivity contribution < 1.29 is 4.74 Å². The van der Waals surface area contributed by atoms with Gasteiger partial charge in [0.25, 0.3) is 0 Å². The van der Waals surface area contributed by atoms with Crippen molar-refractivity contribution in [3.63, 3.8) is 0 Å². The van der Waals surface area contributed by atoms with Crippen LogP contribution in [0.2, 0.25) is 0 Å². The predicted octanol–water partition coefficient (Wildman–Crippen LogP) is 2.68. The molecule has 2 saturated carbocycles. The molecule has 1 heterocycles. The Labute approximate surface area is 109 Å². The van der Waals surface area contributed by atoms with Crippen LogP contribution in [0.5, 0.6) is 5.75 Å². The van der Waals surface area contributed by atoms with Crippen LogP contribution in [-0.2, 0) is 6.54 Å². The molecule has 18 heavy (non-hydrogen) atoms. The maximum absolute atomic E-state index is 5.28. The van der Waals surface area contributed by atoms with Gasteiger partial charge < -0.3 is 10.1 Å². The standard InChI is InChI=1S/C15H22N2O/c1-11-7-14(18-2)8-13(17-11)9-16-10-15(5-6-15)12-3-4-12/h7-8,12,16H,3-6,9-10H2,1-2H3. The van der Waals surface area contributed by atoms with Crippen LogP contribution in [0.4, 0.5) is 0 Å². The molecule has 0 amide bonds. The molecule has 1 aromatic heterocycles. The molecule has 3 heteroatoms. The fourth-order valence-corrected chi connectivity index (χ4v) is 2.94. The number of ether oxygens (including phenoxy) is 1. The molecule has 0 radical (unpaired) electrons. The lowest BCUT2D eigenvalue weighted by Crippen LogP contribution is -2.25. The zero-order valence-corrected chi connectivity index (χ0v) is 11.3. The van der Waals surface area contributed by atoms with E-state index in [-0.39, 0.29) is 0 Å². The molecule has 0 bridgehead atoms. The van der Waals surface area contributed by atoms with Gasteiger partial charge in [-0.2, -0.15) is 0 Å². The number of hydrogen-bond acceptors (Lipinski definition) is 3. The third-order valence-corrected chi connectivity index (χ3v) is 4.33. The molecule has 2 fully saturated rings. The first-order valence-corrected chi connectivity index (χ1v) is 6.94. The highest BCUT2D eigenvalue weighted by molar-refractivity contribution is 5.26. The number of methoxy groups -OCH3 is 1. The highest BCUT2D eigenvalue weighted by Gasteiger charge is 2.53. The predicted molar refractivity (Wildman–Crippen MR) is 71.6 cm³/mol. The topological polar surface area (TPSA) is 34.1 Å². The second-order valence-electron chi connectivity index (χ2n) is 5.88. The van der Waals surface area contributed by atoms with E-state index in [1.807, 2.05) is 19.1 Å². The summed E-state index contributed by atoms with van der Waals surface area (Å²) in [5, 5.41) is 3.59. The van der Waals surface area contributed by atoms with E-state index in [1.165, 1.54) is 25.7 Å². The summed E-state index contributed by atoms with van der Waals surface area (Å²) in [6, 6.07) is 3.99. The van der Waals surface area contributed by atoms with Crippen LogP contribution in [0.15, 0.2) is 12.1 Å². The van der Waals surface area contributed by atoms with Crippen molar-refractivity contribution in [2.24, 2.45) is 11.3 Å². The minimum atomic E-state index is 0.661. The summed E-state index contributed by atoms with van der Waals surface area (Å²) in [7, 11) is 1.71. The number of rotatable bonds is 6. The number of pyridine rings is 1. The lowest BCUT2D eigenvalue weighted by molar-refractivity contribution is 0.399. The van der Waals surface area contributed by atoms with Gasteiger partial charge in [-0.1, -0.05) is 0 Å². The Morgan fingerprint density at radius 2 is 2.17 bits per heavy atom. The van der Waals surface area contributed by atoms with Crippen molar-refractivity contribution in [3.05, 3.63) is 23.5 Å². The van der Waals surface area contributed by atoms with Gasteiger partial charge in [-0.25, -0.2) is 0 Å². The normalized spacial score (nSPS) is 20.8. The van der Waals surface area contributed by atoms with Gasteiger partial charge >= 0.3 is 0 Å². The molecule has 2 aliphatic rings. The van der Waals surface area contributed by atoms with E-state index in [1.54, 1.807) is 7.11 Å². The summed E-state index contributed by atoms with van der Waals surface area (Å²) in [6.07, 6.45) is 5.76. The highest BCUT2D eigenvalue weighted by atomic mass is 16.5. The van der Waals surface area contributed by atoms with Gasteiger partial charge in [-0.05, 0) is 43.9 Å². The fourth-order valence-electron chi connectivity index (χ4n) is 2.94. The third kappa shape index (κ3) is 2.51. The van der Waals surface area contributed by atoms with E-state index in [4.69, 9.17) is 4.74 Å². The van der Waals surface area contributed by atoms with E-state index in [2.05, 4.69) is 10.3 Å². The van der Waals surface area contributed by atoms with Gasteiger partial charge in [0, 0.05) is 30.9 Å². The number of nitrogens with zero attached hydrogens (tertiary/aromatic N) is 1. The van der Waals surface area contributed by atoms with Crippen LogP contribution in [0.1, 0.15) is 37.1 Å². The second-order valence-corrected chi connectivity index (χ2v) is 5.88. The van der Waals surface area contributed by atoms with Gasteiger partial charge in [0.1, 0.15) is 5.75 Å². The fraction of sp³-hybridized carbons (Fsp3) is 0.667. The molecule has 0 unspecified atom stereocenters. The van der Waals surface area contributed by atoms with Crippen LogP contribution >= 0.6 is 0 Å². The van der Waals surface area contributed by atoms with Gasteiger partial charge in [0.05, 0.1) is 12.8 Å². The minimum absolute atomic E-state index is 0.661. The number of nitrogens with one attached hydrogen (secondary N) is 1. The number of aromatic nitrogens is 1. The molecule has 1 N–H and O–H groups in total. The van der Waals surface area contributed by atoms with E-state index in [0.717, 1.165) is 36.1 Å². The average molecular weight is 246 g/mol. The molecule has 0 spiro atoms. The van der Waals surface area contributed by atoms with Crippen molar-refractivity contribution in [3.8, 4) is 5.75 Å². The first kappa shape index (κ1) is 12.0. The molecule has 0 aliphatic heterocycles. The summed E-state index contributed by atoms with van der Waals surface area (Å²) in [5.74, 6) is 1.92. The Hall–Kier alpha value is -1.09. The summed E-state index contributed by atoms with van der Waals surface area (Å²) in [5.41, 5.74) is 2.77. The zero-order valence-electron chi connectivity index (χ0n) is 11.3. The Morgan fingerprint density at radius 1 is 1.39 bits per heavy atom. The van der Waals surface area contributed by atoms with Crippen LogP contribution in [0.25, 0.3) is 0 Å². The summed E-state index contributed by atoms with van der Waals surface area (Å²) in [6.45, 7) is 4.03. The van der Waals surface area contributed by atoms with E-state index in [0.29, 0.717) is 5.41 Å². The molecular formula is C15H22N2O. The Morgan fingerprint density at radius 3 is 2.78 bits per heavy atom. The summed E-state index contributed by atoms with van der Waals surface area (Å²) < 4.78 is 5.28. The van der Waals surface area contributed by atoms with Crippen molar-refractivity contribution in [1.29, 1.82) is 0 Å². The molecule has 3 rings (SSSR count). The molecule has 3 nitrogen and oxygen atoms in total. The van der Waals surface area contributed by atoms with Crippen molar-refractivity contribution >= 4 is 0 Å². The highest BCUT2D eigenvalue weighted by Crippen LogP contribution is 2.60. The molecule has 0 saturated heterocycles. The Balaban J connectivity index is 1.54. The number of hydrogen-bond donors (Lipinski definition) is 1. The monoisotopic (exact) mass is 246 g/mol. The van der Waals surface area contributed by atoms with E-state index in [9.17, 15) is 0 Å². The molecule has 1 aromatic rings. The average Bonchev–Trinajstić information content (AvgIpc) is 3.21. The van der Waals surface area contributed by atoms with Crippen molar-refractivity contribution in [1.82, 2.24) is 10.3 Å². The third-order valence-electron chi connectivity index (χ3n) is 4.33. The van der Waals surface area contributed by atoms with Crippen LogP contribution < -0.4 is 10.1 Å². The van der Waals surface area contributed by atoms with Gasteiger partial charge in [-0.15, -0.1) is 0 Å². The van der Waals surface area contributed by atoms with Gasteiger partial charge in [0.15, 0.2) is 0 Å². The molecule has 0 atom stereocenters. The lowest BCUT2D eigenvalue weighted by Gasteiger charge is -2.15. The van der Waals surface area contributed by atoms with Gasteiger partial charge in [-0.3, -0.25) is 4.98 Å². The maximum atomic E-state index is 5.28. The smallest absolute Gasteiger partial charge is 0.122 e. The summed E-state index contributed by atoms with van der Waals surface area (Å²) in [4.78, 5) is 4.54. The molecule has 0 aromatic carbocycles. The Bertz CT molecular complexity index is 436. The van der Waals surface area contributed by atoms with Crippen molar-refractivity contribution in [2.45, 2.75) is 39.2 Å². The van der Waals surface area contributed by atoms with E-state index >= 15 is 0 Å². The first-order chi connectivity index (χ1) is 8.72. The zero-order chi connectivity index (χ0) is 12.6.